The van der Waals surface area contributed by atoms with Crippen molar-refractivity contribution < 1.29 is 14.3 Å². The van der Waals surface area contributed by atoms with Crippen LogP contribution in [-0.4, -0.2) is 16.1 Å². The van der Waals surface area contributed by atoms with Crippen molar-refractivity contribution in [3.63, 3.8) is 0 Å². The summed E-state index contributed by atoms with van der Waals surface area (Å²) in [5.41, 5.74) is 3.08. The monoisotopic (exact) mass is 331 g/mol. The Morgan fingerprint density at radius 3 is 2.95 bits per heavy atom. The Balaban J connectivity index is 2.42. The number of hydrogen-bond donors (Lipinski definition) is 1. The average molecular weight is 332 g/mol. The Morgan fingerprint density at radius 1 is 1.40 bits per heavy atom. The van der Waals surface area contributed by atoms with Crippen LogP contribution in [0.15, 0.2) is 45.6 Å². The van der Waals surface area contributed by atoms with Crippen LogP contribution in [0.25, 0.3) is 22.0 Å². The molecule has 0 bridgehead atoms. The molecular formula is C15H10BrNO3. The van der Waals surface area contributed by atoms with E-state index in [1.54, 1.807) is 12.3 Å². The topological polar surface area (TPSA) is 63.3 Å². The van der Waals surface area contributed by atoms with Crippen LogP contribution in [0.1, 0.15) is 16.1 Å². The summed E-state index contributed by atoms with van der Waals surface area (Å²) in [6, 6.07) is 7.43. The van der Waals surface area contributed by atoms with E-state index in [9.17, 15) is 9.90 Å². The van der Waals surface area contributed by atoms with Gasteiger partial charge in [0.15, 0.2) is 0 Å². The summed E-state index contributed by atoms with van der Waals surface area (Å²) in [5.74, 6) is -1.18. The Morgan fingerprint density at radius 2 is 2.20 bits per heavy atom. The molecule has 3 rings (SSSR count). The summed E-state index contributed by atoms with van der Waals surface area (Å²) in [6.07, 6.45) is 3.07. The van der Waals surface area contributed by atoms with Crippen LogP contribution in [-0.2, 0) is 0 Å². The average Bonchev–Trinajstić information content (AvgIpc) is 2.88. The number of carboxylic acids is 1. The van der Waals surface area contributed by atoms with E-state index in [-0.39, 0.29) is 5.76 Å². The van der Waals surface area contributed by atoms with Gasteiger partial charge in [-0.15, -0.1) is 0 Å². The third kappa shape index (κ3) is 1.91. The van der Waals surface area contributed by atoms with E-state index in [4.69, 9.17) is 4.42 Å². The number of aromatic carboxylic acids is 1. The SMILES string of the molecule is Cc1cc(Br)c(-c2ccoc2C(=O)O)c2ncccc12. The van der Waals surface area contributed by atoms with Gasteiger partial charge in [0.05, 0.1) is 11.8 Å². The Kier molecular flexibility index (Phi) is 3.06. The molecule has 0 saturated heterocycles. The zero-order valence-electron chi connectivity index (χ0n) is 10.6. The first-order valence-electron chi connectivity index (χ1n) is 5.94. The lowest BCUT2D eigenvalue weighted by molar-refractivity contribution is 0.0663. The highest BCUT2D eigenvalue weighted by Gasteiger charge is 2.20. The highest BCUT2D eigenvalue weighted by atomic mass is 79.9. The number of pyridine rings is 1. The number of halogens is 1. The molecule has 1 N–H and O–H groups in total. The van der Waals surface area contributed by atoms with Gasteiger partial charge < -0.3 is 9.52 Å². The summed E-state index contributed by atoms with van der Waals surface area (Å²) in [7, 11) is 0. The number of aromatic nitrogens is 1. The van der Waals surface area contributed by atoms with Crippen LogP contribution in [0, 0.1) is 6.92 Å². The lowest BCUT2D eigenvalue weighted by Gasteiger charge is -2.10. The first-order chi connectivity index (χ1) is 9.59. The van der Waals surface area contributed by atoms with E-state index in [0.29, 0.717) is 5.56 Å². The van der Waals surface area contributed by atoms with Crippen molar-refractivity contribution in [1.29, 1.82) is 0 Å². The van der Waals surface area contributed by atoms with Gasteiger partial charge in [-0.1, -0.05) is 22.0 Å². The maximum Gasteiger partial charge on any atom is 0.372 e. The van der Waals surface area contributed by atoms with E-state index >= 15 is 0 Å². The second-order valence-corrected chi connectivity index (χ2v) is 5.27. The molecule has 3 aromatic rings. The van der Waals surface area contributed by atoms with Crippen molar-refractivity contribution in [2.75, 3.05) is 0 Å². The zero-order chi connectivity index (χ0) is 14.3. The predicted molar refractivity (Wildman–Crippen MR) is 78.8 cm³/mol. The van der Waals surface area contributed by atoms with Crippen molar-refractivity contribution in [3.05, 3.63) is 52.5 Å². The number of benzene rings is 1. The molecular weight excluding hydrogens is 322 g/mol. The number of hydrogen-bond acceptors (Lipinski definition) is 3. The Hall–Kier alpha value is -2.14. The highest BCUT2D eigenvalue weighted by Crippen LogP contribution is 2.38. The largest absolute Gasteiger partial charge is 0.475 e. The van der Waals surface area contributed by atoms with Crippen molar-refractivity contribution in [2.24, 2.45) is 0 Å². The van der Waals surface area contributed by atoms with Gasteiger partial charge in [-0.25, -0.2) is 4.79 Å². The summed E-state index contributed by atoms with van der Waals surface area (Å²) in [5, 5.41) is 10.2. The van der Waals surface area contributed by atoms with Crippen LogP contribution in [0.4, 0.5) is 0 Å². The first-order valence-corrected chi connectivity index (χ1v) is 6.74. The standard InChI is InChI=1S/C15H10BrNO3/c1-8-7-11(16)12(13-9(8)3-2-5-17-13)10-4-6-20-14(10)15(18)19/h2-7H,1H3,(H,18,19). The fourth-order valence-corrected chi connectivity index (χ4v) is 3.05. The quantitative estimate of drug-likeness (QED) is 0.761. The van der Waals surface area contributed by atoms with Crippen LogP contribution < -0.4 is 0 Å². The molecule has 0 unspecified atom stereocenters. The molecule has 0 radical (unpaired) electrons. The summed E-state index contributed by atoms with van der Waals surface area (Å²) in [6.45, 7) is 1.99. The third-order valence-electron chi connectivity index (χ3n) is 3.18. The molecule has 0 spiro atoms. The molecule has 0 aliphatic rings. The minimum absolute atomic E-state index is 0.0819. The number of furan rings is 1. The number of nitrogens with zero attached hydrogens (tertiary/aromatic N) is 1. The van der Waals surface area contributed by atoms with Crippen molar-refractivity contribution >= 4 is 32.8 Å². The van der Waals surface area contributed by atoms with Crippen LogP contribution in [0.3, 0.4) is 0 Å². The minimum atomic E-state index is -1.10. The number of aryl methyl sites for hydroxylation is 1. The number of rotatable bonds is 2. The number of carbonyl (C=O) groups is 1. The van der Waals surface area contributed by atoms with E-state index < -0.39 is 5.97 Å². The van der Waals surface area contributed by atoms with Crippen molar-refractivity contribution in [2.45, 2.75) is 6.92 Å². The molecule has 5 heteroatoms. The molecule has 0 aliphatic carbocycles. The zero-order valence-corrected chi connectivity index (χ0v) is 12.1. The Labute approximate surface area is 123 Å². The summed E-state index contributed by atoms with van der Waals surface area (Å²) >= 11 is 3.50. The van der Waals surface area contributed by atoms with Gasteiger partial charge >= 0.3 is 5.97 Å². The Bertz CT molecular complexity index is 823. The van der Waals surface area contributed by atoms with E-state index in [1.165, 1.54) is 6.26 Å². The first kappa shape index (κ1) is 12.9. The van der Waals surface area contributed by atoms with Gasteiger partial charge in [-0.05, 0) is 30.7 Å². The van der Waals surface area contributed by atoms with Gasteiger partial charge in [0.25, 0.3) is 0 Å². The van der Waals surface area contributed by atoms with Crippen molar-refractivity contribution in [1.82, 2.24) is 4.98 Å². The smallest absolute Gasteiger partial charge is 0.372 e. The van der Waals surface area contributed by atoms with Crippen molar-refractivity contribution in [3.8, 4) is 11.1 Å². The van der Waals surface area contributed by atoms with Gasteiger partial charge in [0.1, 0.15) is 0 Å². The van der Waals surface area contributed by atoms with Gasteiger partial charge in [0.2, 0.25) is 5.76 Å². The van der Waals surface area contributed by atoms with Crippen LogP contribution >= 0.6 is 15.9 Å². The van der Waals surface area contributed by atoms with Crippen LogP contribution in [0.5, 0.6) is 0 Å². The fourth-order valence-electron chi connectivity index (χ4n) is 2.30. The second kappa shape index (κ2) is 4.76. The predicted octanol–water partition coefficient (Wildman–Crippen LogP) is 4.26. The molecule has 100 valence electrons. The van der Waals surface area contributed by atoms with E-state index in [1.807, 2.05) is 25.1 Å². The lowest BCUT2D eigenvalue weighted by atomic mass is 9.99. The molecule has 0 fully saturated rings. The molecule has 4 nitrogen and oxygen atoms in total. The molecule has 1 aromatic carbocycles. The molecule has 0 aliphatic heterocycles. The lowest BCUT2D eigenvalue weighted by Crippen LogP contribution is -1.97. The summed E-state index contributed by atoms with van der Waals surface area (Å²) < 4.78 is 5.86. The van der Waals surface area contributed by atoms with Gasteiger partial charge in [-0.3, -0.25) is 4.98 Å². The summed E-state index contributed by atoms with van der Waals surface area (Å²) in [4.78, 5) is 15.6. The highest BCUT2D eigenvalue weighted by molar-refractivity contribution is 9.10. The molecule has 0 amide bonds. The third-order valence-corrected chi connectivity index (χ3v) is 3.81. The fraction of sp³-hybridized carbons (Fsp3) is 0.0667. The van der Waals surface area contributed by atoms with Crippen LogP contribution in [0.2, 0.25) is 0 Å². The van der Waals surface area contributed by atoms with Gasteiger partial charge in [0, 0.05) is 27.2 Å². The number of carboxylic acid groups (broad SMARTS) is 1. The molecule has 0 atom stereocenters. The van der Waals surface area contributed by atoms with Gasteiger partial charge in [-0.2, -0.15) is 0 Å². The maximum atomic E-state index is 11.2. The minimum Gasteiger partial charge on any atom is -0.475 e. The molecule has 20 heavy (non-hydrogen) atoms. The molecule has 2 heterocycles. The second-order valence-electron chi connectivity index (χ2n) is 4.42. The normalized spacial score (nSPS) is 10.9. The molecule has 2 aromatic heterocycles. The maximum absolute atomic E-state index is 11.2. The van der Waals surface area contributed by atoms with E-state index in [2.05, 4.69) is 20.9 Å². The van der Waals surface area contributed by atoms with E-state index in [0.717, 1.165) is 26.5 Å². The number of fused-ring (bicyclic) bond motifs is 1. The molecule has 0 saturated carbocycles.